The van der Waals surface area contributed by atoms with E-state index in [0.717, 1.165) is 22.7 Å². The summed E-state index contributed by atoms with van der Waals surface area (Å²) in [6.45, 7) is 0. The van der Waals surface area contributed by atoms with Crippen LogP contribution in [0.5, 0.6) is 0 Å². The van der Waals surface area contributed by atoms with Crippen LogP contribution in [0, 0.1) is 0 Å². The van der Waals surface area contributed by atoms with Crippen LogP contribution < -0.4 is 4.90 Å². The molecule has 58 heavy (non-hydrogen) atoms. The molecule has 0 fully saturated rings. The van der Waals surface area contributed by atoms with Gasteiger partial charge in [0, 0.05) is 33.5 Å². The third-order valence-corrected chi connectivity index (χ3v) is 11.5. The molecule has 0 aliphatic rings. The Bertz CT molecular complexity index is 3220. The summed E-state index contributed by atoms with van der Waals surface area (Å²) < 4.78 is 2.42. The van der Waals surface area contributed by atoms with Crippen molar-refractivity contribution in [3.63, 3.8) is 0 Å². The van der Waals surface area contributed by atoms with E-state index in [-0.39, 0.29) is 0 Å². The van der Waals surface area contributed by atoms with Crippen molar-refractivity contribution in [3.05, 3.63) is 231 Å². The number of aromatic nitrogens is 1. The third-order valence-electron chi connectivity index (χ3n) is 11.5. The molecule has 0 aliphatic carbocycles. The van der Waals surface area contributed by atoms with E-state index in [0.29, 0.717) is 0 Å². The molecule has 0 radical (unpaired) electrons. The van der Waals surface area contributed by atoms with Crippen LogP contribution in [-0.2, 0) is 0 Å². The molecule has 0 amide bonds. The maximum absolute atomic E-state index is 2.42. The van der Waals surface area contributed by atoms with Crippen LogP contribution in [0.25, 0.3) is 82.4 Å². The van der Waals surface area contributed by atoms with Crippen LogP contribution in [0.4, 0.5) is 17.1 Å². The standard InChI is InChI=1S/C56H38N2/c1-2-15-39(16-3-1)42-20-12-22-46(35-42)57(47-23-13-21-44(36-47)50-28-14-19-40-17-4-6-24-49(40)50)45-33-31-41(32-34-45)54-38-48(37-43-18-5-7-25-51(43)54)58-55-29-10-8-26-52(55)53-27-9-11-30-56(53)58/h1-38H. The van der Waals surface area contributed by atoms with E-state index in [9.17, 15) is 0 Å². The Hall–Kier alpha value is -7.68. The predicted molar refractivity (Wildman–Crippen MR) is 247 cm³/mol. The molecule has 0 saturated heterocycles. The van der Waals surface area contributed by atoms with Crippen molar-refractivity contribution in [2.75, 3.05) is 4.90 Å². The molecule has 0 N–H and O–H groups in total. The van der Waals surface area contributed by atoms with Gasteiger partial charge in [-0.3, -0.25) is 0 Å². The quantitative estimate of drug-likeness (QED) is 0.158. The Kier molecular flexibility index (Phi) is 8.19. The lowest BCUT2D eigenvalue weighted by Crippen LogP contribution is -2.10. The van der Waals surface area contributed by atoms with E-state index in [1.54, 1.807) is 0 Å². The molecule has 0 unspecified atom stereocenters. The van der Waals surface area contributed by atoms with Gasteiger partial charge < -0.3 is 9.47 Å². The Balaban J connectivity index is 1.06. The molecular weight excluding hydrogens is 701 g/mol. The van der Waals surface area contributed by atoms with Gasteiger partial charge in [-0.25, -0.2) is 0 Å². The maximum Gasteiger partial charge on any atom is 0.0541 e. The highest BCUT2D eigenvalue weighted by Gasteiger charge is 2.18. The number of hydrogen-bond acceptors (Lipinski definition) is 1. The second-order valence-electron chi connectivity index (χ2n) is 15.0. The SMILES string of the molecule is c1ccc(-c2cccc(N(c3ccc(-c4cc(-n5c6ccccc6c6ccccc65)cc5ccccc45)cc3)c3cccc(-c4cccc5ccccc45)c3)c2)cc1. The second-order valence-corrected chi connectivity index (χ2v) is 15.0. The van der Waals surface area contributed by atoms with E-state index >= 15 is 0 Å². The topological polar surface area (TPSA) is 8.17 Å². The summed E-state index contributed by atoms with van der Waals surface area (Å²) >= 11 is 0. The molecule has 1 aromatic heterocycles. The molecule has 2 heteroatoms. The van der Waals surface area contributed by atoms with Crippen molar-refractivity contribution >= 4 is 60.4 Å². The van der Waals surface area contributed by atoms with Gasteiger partial charge in [0.2, 0.25) is 0 Å². The summed E-state index contributed by atoms with van der Waals surface area (Å²) in [6.07, 6.45) is 0. The first-order valence-corrected chi connectivity index (χ1v) is 19.9. The Morgan fingerprint density at radius 2 is 0.793 bits per heavy atom. The number of fused-ring (bicyclic) bond motifs is 5. The summed E-state index contributed by atoms with van der Waals surface area (Å²) in [7, 11) is 0. The van der Waals surface area contributed by atoms with Crippen molar-refractivity contribution in [1.29, 1.82) is 0 Å². The summed E-state index contributed by atoms with van der Waals surface area (Å²) in [5, 5.41) is 7.46. The van der Waals surface area contributed by atoms with Gasteiger partial charge in [0.25, 0.3) is 0 Å². The average molecular weight is 739 g/mol. The van der Waals surface area contributed by atoms with Crippen LogP contribution >= 0.6 is 0 Å². The lowest BCUT2D eigenvalue weighted by molar-refractivity contribution is 1.19. The number of hydrogen-bond donors (Lipinski definition) is 0. The van der Waals surface area contributed by atoms with Gasteiger partial charge in [0.15, 0.2) is 0 Å². The molecule has 0 saturated carbocycles. The number of benzene rings is 10. The van der Waals surface area contributed by atoms with Gasteiger partial charge in [0.05, 0.1) is 11.0 Å². The van der Waals surface area contributed by atoms with Crippen LogP contribution in [0.1, 0.15) is 0 Å². The van der Waals surface area contributed by atoms with Crippen LogP contribution in [0.3, 0.4) is 0 Å². The molecule has 11 rings (SSSR count). The summed E-state index contributed by atoms with van der Waals surface area (Å²) in [4.78, 5) is 2.39. The van der Waals surface area contributed by atoms with Crippen molar-refractivity contribution < 1.29 is 0 Å². The van der Waals surface area contributed by atoms with Crippen molar-refractivity contribution in [2.45, 2.75) is 0 Å². The fourth-order valence-electron chi connectivity index (χ4n) is 8.85. The molecule has 0 spiro atoms. The fraction of sp³-hybridized carbons (Fsp3) is 0. The zero-order valence-electron chi connectivity index (χ0n) is 31.8. The molecule has 0 aliphatic heterocycles. The van der Waals surface area contributed by atoms with Gasteiger partial charge >= 0.3 is 0 Å². The lowest BCUT2D eigenvalue weighted by Gasteiger charge is -2.27. The smallest absolute Gasteiger partial charge is 0.0541 e. The number of nitrogens with zero attached hydrogens (tertiary/aromatic N) is 2. The highest BCUT2D eigenvalue weighted by molar-refractivity contribution is 6.10. The number of para-hydroxylation sites is 2. The second kappa shape index (κ2) is 14.1. The summed E-state index contributed by atoms with van der Waals surface area (Å²) in [5.41, 5.74) is 14.0. The van der Waals surface area contributed by atoms with E-state index < -0.39 is 0 Å². The van der Waals surface area contributed by atoms with E-state index in [1.807, 2.05) is 0 Å². The van der Waals surface area contributed by atoms with Crippen LogP contribution in [-0.4, -0.2) is 4.57 Å². The monoisotopic (exact) mass is 738 g/mol. The van der Waals surface area contributed by atoms with Gasteiger partial charge in [-0.15, -0.1) is 0 Å². The molecule has 1 heterocycles. The van der Waals surface area contributed by atoms with Gasteiger partial charge in [-0.1, -0.05) is 170 Å². The Morgan fingerprint density at radius 3 is 1.50 bits per heavy atom. The zero-order chi connectivity index (χ0) is 38.4. The minimum atomic E-state index is 1.09. The minimum Gasteiger partial charge on any atom is -0.310 e. The lowest BCUT2D eigenvalue weighted by atomic mass is 9.96. The molecule has 272 valence electrons. The first-order chi connectivity index (χ1) is 28.8. The highest BCUT2D eigenvalue weighted by Crippen LogP contribution is 2.42. The van der Waals surface area contributed by atoms with E-state index in [4.69, 9.17) is 0 Å². The van der Waals surface area contributed by atoms with E-state index in [2.05, 4.69) is 240 Å². The average Bonchev–Trinajstić information content (AvgIpc) is 3.64. The summed E-state index contributed by atoms with van der Waals surface area (Å²) in [6, 6.07) is 83.7. The number of anilines is 3. The summed E-state index contributed by atoms with van der Waals surface area (Å²) in [5.74, 6) is 0. The molecule has 11 aromatic rings. The van der Waals surface area contributed by atoms with E-state index in [1.165, 1.54) is 76.7 Å². The molecule has 2 nitrogen and oxygen atoms in total. The molecule has 0 bridgehead atoms. The van der Waals surface area contributed by atoms with Crippen molar-refractivity contribution in [2.24, 2.45) is 0 Å². The Labute approximate surface area is 338 Å². The van der Waals surface area contributed by atoms with Crippen LogP contribution in [0.2, 0.25) is 0 Å². The molecule has 0 atom stereocenters. The fourth-order valence-corrected chi connectivity index (χ4v) is 8.85. The maximum atomic E-state index is 2.42. The third kappa shape index (κ3) is 5.82. The predicted octanol–water partition coefficient (Wildman–Crippen LogP) is 15.6. The van der Waals surface area contributed by atoms with Gasteiger partial charge in [-0.05, 0) is 116 Å². The first kappa shape index (κ1) is 33.6. The zero-order valence-corrected chi connectivity index (χ0v) is 31.8. The molecule has 10 aromatic carbocycles. The normalized spacial score (nSPS) is 11.4. The number of rotatable bonds is 7. The van der Waals surface area contributed by atoms with Gasteiger partial charge in [0.1, 0.15) is 0 Å². The minimum absolute atomic E-state index is 1.09. The van der Waals surface area contributed by atoms with Gasteiger partial charge in [-0.2, -0.15) is 0 Å². The highest BCUT2D eigenvalue weighted by atomic mass is 15.1. The molecular formula is C56H38N2. The Morgan fingerprint density at radius 1 is 0.276 bits per heavy atom. The van der Waals surface area contributed by atoms with Crippen molar-refractivity contribution in [1.82, 2.24) is 4.57 Å². The first-order valence-electron chi connectivity index (χ1n) is 19.9. The van der Waals surface area contributed by atoms with Crippen LogP contribution in [0.15, 0.2) is 231 Å². The largest absolute Gasteiger partial charge is 0.310 e. The van der Waals surface area contributed by atoms with Crippen molar-refractivity contribution in [3.8, 4) is 39.1 Å².